The number of ether oxygens (including phenoxy) is 1. The van der Waals surface area contributed by atoms with Crippen molar-refractivity contribution in [2.75, 3.05) is 19.6 Å². The lowest BCUT2D eigenvalue weighted by atomic mass is 9.92. The minimum absolute atomic E-state index is 0.00181. The Morgan fingerprint density at radius 2 is 1.85 bits per heavy atom. The van der Waals surface area contributed by atoms with E-state index in [9.17, 15) is 0 Å². The molecule has 1 atom stereocenters. The first kappa shape index (κ1) is 16.0. The van der Waals surface area contributed by atoms with Crippen molar-refractivity contribution in [1.82, 2.24) is 10.2 Å². The highest BCUT2D eigenvalue weighted by Gasteiger charge is 2.46. The van der Waals surface area contributed by atoms with Crippen molar-refractivity contribution < 1.29 is 4.74 Å². The Kier molecular flexibility index (Phi) is 4.63. The van der Waals surface area contributed by atoms with Crippen molar-refractivity contribution in [3.63, 3.8) is 0 Å². The predicted octanol–water partition coefficient (Wildman–Crippen LogP) is 2.96. The minimum atomic E-state index is -0.0572. The van der Waals surface area contributed by atoms with Gasteiger partial charge in [0.2, 0.25) is 0 Å². The summed E-state index contributed by atoms with van der Waals surface area (Å²) in [6, 6.07) is 1.10. The molecular formula is C17H32N2O. The SMILES string of the molecule is C=C(C)CN1CCC(NC2CC(C)(C)OC2(C)C)CC1. The van der Waals surface area contributed by atoms with Crippen molar-refractivity contribution in [3.05, 3.63) is 12.2 Å². The summed E-state index contributed by atoms with van der Waals surface area (Å²) in [7, 11) is 0. The van der Waals surface area contributed by atoms with Gasteiger partial charge in [-0.05, 0) is 67.0 Å². The van der Waals surface area contributed by atoms with Crippen LogP contribution in [0.3, 0.4) is 0 Å². The number of rotatable bonds is 4. The molecule has 0 aliphatic carbocycles. The summed E-state index contributed by atoms with van der Waals surface area (Å²) in [5.41, 5.74) is 1.21. The first-order valence-electron chi connectivity index (χ1n) is 8.01. The minimum Gasteiger partial charge on any atom is -0.368 e. The summed E-state index contributed by atoms with van der Waals surface area (Å²) in [6.45, 7) is 18.4. The lowest BCUT2D eigenvalue weighted by molar-refractivity contribution is -0.0708. The average Bonchev–Trinajstić information content (AvgIpc) is 2.48. The summed E-state index contributed by atoms with van der Waals surface area (Å²) in [5.74, 6) is 0. The smallest absolute Gasteiger partial charge is 0.0787 e. The van der Waals surface area contributed by atoms with Crippen LogP contribution in [0.2, 0.25) is 0 Å². The van der Waals surface area contributed by atoms with Crippen LogP contribution < -0.4 is 5.32 Å². The van der Waals surface area contributed by atoms with Crippen molar-refractivity contribution in [2.45, 2.75) is 77.2 Å². The van der Waals surface area contributed by atoms with E-state index in [1.165, 1.54) is 31.5 Å². The molecule has 3 nitrogen and oxygen atoms in total. The van der Waals surface area contributed by atoms with Crippen molar-refractivity contribution in [3.8, 4) is 0 Å². The molecule has 116 valence electrons. The molecule has 0 aromatic carbocycles. The Morgan fingerprint density at radius 3 is 2.30 bits per heavy atom. The van der Waals surface area contributed by atoms with Crippen LogP contribution in [-0.2, 0) is 4.74 Å². The molecule has 0 saturated carbocycles. The maximum Gasteiger partial charge on any atom is 0.0787 e. The molecule has 0 aromatic rings. The van der Waals surface area contributed by atoms with Gasteiger partial charge in [0.05, 0.1) is 11.2 Å². The predicted molar refractivity (Wildman–Crippen MR) is 85.1 cm³/mol. The number of hydrogen-bond acceptors (Lipinski definition) is 3. The summed E-state index contributed by atoms with van der Waals surface area (Å²) in [4.78, 5) is 2.51. The van der Waals surface area contributed by atoms with Crippen LogP contribution in [0.4, 0.5) is 0 Å². The third-order valence-electron chi connectivity index (χ3n) is 4.59. The standard InChI is InChI=1S/C17H32N2O/c1-13(2)12-19-9-7-14(8-10-19)18-15-11-16(3,4)20-17(15,5)6/h14-15,18H,1,7-12H2,2-6H3. The largest absolute Gasteiger partial charge is 0.368 e. The van der Waals surface area contributed by atoms with Gasteiger partial charge in [0.25, 0.3) is 0 Å². The van der Waals surface area contributed by atoms with Gasteiger partial charge in [-0.25, -0.2) is 0 Å². The molecule has 0 spiro atoms. The van der Waals surface area contributed by atoms with Gasteiger partial charge in [0, 0.05) is 18.6 Å². The molecule has 2 heterocycles. The molecule has 3 heteroatoms. The molecule has 2 aliphatic rings. The second kappa shape index (κ2) is 5.78. The molecule has 1 unspecified atom stereocenters. The summed E-state index contributed by atoms with van der Waals surface area (Å²) >= 11 is 0. The maximum absolute atomic E-state index is 6.18. The average molecular weight is 280 g/mol. The molecule has 0 aromatic heterocycles. The zero-order valence-corrected chi connectivity index (χ0v) is 14.0. The van der Waals surface area contributed by atoms with Gasteiger partial charge >= 0.3 is 0 Å². The first-order chi connectivity index (χ1) is 9.18. The Morgan fingerprint density at radius 1 is 1.25 bits per heavy atom. The number of hydrogen-bond donors (Lipinski definition) is 1. The molecule has 2 rings (SSSR count). The van der Waals surface area contributed by atoms with Gasteiger partial charge in [-0.2, -0.15) is 0 Å². The molecule has 2 saturated heterocycles. The van der Waals surface area contributed by atoms with Gasteiger partial charge in [0.1, 0.15) is 0 Å². The van der Waals surface area contributed by atoms with Crippen LogP contribution >= 0.6 is 0 Å². The van der Waals surface area contributed by atoms with E-state index >= 15 is 0 Å². The molecule has 0 bridgehead atoms. The molecular weight excluding hydrogens is 248 g/mol. The fourth-order valence-electron chi connectivity index (χ4n) is 3.75. The van der Waals surface area contributed by atoms with Crippen LogP contribution in [0.1, 0.15) is 53.9 Å². The van der Waals surface area contributed by atoms with Crippen LogP contribution in [0.5, 0.6) is 0 Å². The second-order valence-corrected chi connectivity index (χ2v) is 7.90. The van der Waals surface area contributed by atoms with Crippen LogP contribution in [0, 0.1) is 0 Å². The Hall–Kier alpha value is -0.380. The topological polar surface area (TPSA) is 24.5 Å². The molecule has 0 radical (unpaired) electrons. The maximum atomic E-state index is 6.18. The van der Waals surface area contributed by atoms with Crippen LogP contribution in [0.25, 0.3) is 0 Å². The van der Waals surface area contributed by atoms with E-state index in [0.717, 1.165) is 13.0 Å². The Labute approximate surface area is 124 Å². The van der Waals surface area contributed by atoms with E-state index in [2.05, 4.69) is 51.4 Å². The lowest BCUT2D eigenvalue weighted by Gasteiger charge is -2.36. The summed E-state index contributed by atoms with van der Waals surface area (Å²) in [5, 5.41) is 3.86. The van der Waals surface area contributed by atoms with E-state index in [4.69, 9.17) is 4.74 Å². The van der Waals surface area contributed by atoms with Crippen molar-refractivity contribution >= 4 is 0 Å². The quantitative estimate of drug-likeness (QED) is 0.801. The van der Waals surface area contributed by atoms with Crippen LogP contribution in [0.15, 0.2) is 12.2 Å². The van der Waals surface area contributed by atoms with Gasteiger partial charge in [-0.3, -0.25) is 4.90 Å². The first-order valence-corrected chi connectivity index (χ1v) is 8.01. The summed E-state index contributed by atoms with van der Waals surface area (Å²) in [6.07, 6.45) is 3.58. The summed E-state index contributed by atoms with van der Waals surface area (Å²) < 4.78 is 6.18. The number of piperidine rings is 1. The van der Waals surface area contributed by atoms with Crippen molar-refractivity contribution in [2.24, 2.45) is 0 Å². The molecule has 2 fully saturated rings. The van der Waals surface area contributed by atoms with E-state index < -0.39 is 0 Å². The molecule has 20 heavy (non-hydrogen) atoms. The number of likely N-dealkylation sites (tertiary alicyclic amines) is 1. The Bertz CT molecular complexity index is 354. The highest BCUT2D eigenvalue weighted by Crippen LogP contribution is 2.37. The Balaban J connectivity index is 1.82. The van der Waals surface area contributed by atoms with E-state index in [1.54, 1.807) is 0 Å². The second-order valence-electron chi connectivity index (χ2n) is 7.90. The fraction of sp³-hybridized carbons (Fsp3) is 0.882. The zero-order valence-electron chi connectivity index (χ0n) is 14.0. The van der Waals surface area contributed by atoms with E-state index in [1.807, 2.05) is 0 Å². The van der Waals surface area contributed by atoms with E-state index in [-0.39, 0.29) is 11.2 Å². The van der Waals surface area contributed by atoms with Gasteiger partial charge < -0.3 is 10.1 Å². The highest BCUT2D eigenvalue weighted by molar-refractivity contribution is 5.01. The van der Waals surface area contributed by atoms with Gasteiger partial charge in [-0.15, -0.1) is 0 Å². The third kappa shape index (κ3) is 4.06. The highest BCUT2D eigenvalue weighted by atomic mass is 16.5. The molecule has 2 aliphatic heterocycles. The fourth-order valence-corrected chi connectivity index (χ4v) is 3.75. The van der Waals surface area contributed by atoms with Gasteiger partial charge in [-0.1, -0.05) is 12.2 Å². The monoisotopic (exact) mass is 280 g/mol. The normalized spacial score (nSPS) is 30.6. The third-order valence-corrected chi connectivity index (χ3v) is 4.59. The van der Waals surface area contributed by atoms with Crippen LogP contribution in [-0.4, -0.2) is 47.8 Å². The van der Waals surface area contributed by atoms with E-state index in [0.29, 0.717) is 12.1 Å². The zero-order chi connectivity index (χ0) is 15.0. The molecule has 0 amide bonds. The van der Waals surface area contributed by atoms with Gasteiger partial charge in [0.15, 0.2) is 0 Å². The number of nitrogens with zero attached hydrogens (tertiary/aromatic N) is 1. The van der Waals surface area contributed by atoms with Crippen molar-refractivity contribution in [1.29, 1.82) is 0 Å². The molecule has 1 N–H and O–H groups in total. The number of nitrogens with one attached hydrogen (secondary N) is 1. The lowest BCUT2D eigenvalue weighted by Crippen LogP contribution is -2.51.